The van der Waals surface area contributed by atoms with Gasteiger partial charge in [-0.05, 0) is 55.3 Å². The topological polar surface area (TPSA) is 109 Å². The Bertz CT molecular complexity index is 1130. The summed E-state index contributed by atoms with van der Waals surface area (Å²) in [5, 5.41) is 6.05. The van der Waals surface area contributed by atoms with Gasteiger partial charge in [-0.25, -0.2) is 4.79 Å². The zero-order valence-corrected chi connectivity index (χ0v) is 23.1. The van der Waals surface area contributed by atoms with Crippen LogP contribution in [0.5, 0.6) is 0 Å². The minimum Gasteiger partial charge on any atom is -0.560 e. The van der Waals surface area contributed by atoms with Crippen LogP contribution < -0.4 is 67.8 Å². The third kappa shape index (κ3) is 7.90. The molecule has 0 saturated heterocycles. The predicted octanol–water partition coefficient (Wildman–Crippen LogP) is -0.379. The van der Waals surface area contributed by atoms with Gasteiger partial charge >= 0.3 is 57.4 Å². The molecule has 3 rings (SSSR count). The summed E-state index contributed by atoms with van der Waals surface area (Å²) in [5.74, 6) is -0.717. The van der Waals surface area contributed by atoms with Gasteiger partial charge in [0.05, 0.1) is 24.0 Å². The SMILES string of the molecule is Cc1cc(C(=O)Nc2cccc(C(C)N[C-]=CN=C3C=[N+](C)[CH-]3)c2)ccc1C(=O)OCCN.[K+]. The largest absolute Gasteiger partial charge is 1.00 e. The van der Waals surface area contributed by atoms with E-state index < -0.39 is 5.97 Å². The fourth-order valence-electron chi connectivity index (χ4n) is 3.18. The van der Waals surface area contributed by atoms with Crippen LogP contribution in [-0.4, -0.2) is 48.6 Å². The first-order chi connectivity index (χ1) is 15.9. The number of nitrogens with one attached hydrogen (secondary N) is 2. The second-order valence-corrected chi connectivity index (χ2v) is 7.65. The molecule has 0 aliphatic carbocycles. The number of aryl methyl sites for hydroxylation is 1. The Morgan fingerprint density at radius 2 is 2.06 bits per heavy atom. The van der Waals surface area contributed by atoms with E-state index in [-0.39, 0.29) is 76.5 Å². The number of ether oxygens (including phenoxy) is 1. The van der Waals surface area contributed by atoms with E-state index >= 15 is 0 Å². The van der Waals surface area contributed by atoms with Crippen molar-refractivity contribution in [3.05, 3.63) is 83.7 Å². The number of anilines is 1. The summed E-state index contributed by atoms with van der Waals surface area (Å²) >= 11 is 0. The second kappa shape index (κ2) is 13.6. The maximum absolute atomic E-state index is 12.7. The molecule has 0 radical (unpaired) electrons. The monoisotopic (exact) mass is 485 g/mol. The molecule has 1 aliphatic rings. The Balaban J connectivity index is 0.00000408. The molecule has 1 atom stereocenters. The molecule has 2 aromatic rings. The zero-order valence-electron chi connectivity index (χ0n) is 20.0. The van der Waals surface area contributed by atoms with Crippen molar-refractivity contribution < 1.29 is 70.3 Å². The summed E-state index contributed by atoms with van der Waals surface area (Å²) in [7, 11) is 1.94. The average Bonchev–Trinajstić information content (AvgIpc) is 2.78. The summed E-state index contributed by atoms with van der Waals surface area (Å²) < 4.78 is 6.99. The molecule has 1 amide bonds. The Hall–Kier alpha value is -2.27. The first-order valence-electron chi connectivity index (χ1n) is 10.6. The third-order valence-corrected chi connectivity index (χ3v) is 4.95. The summed E-state index contributed by atoms with van der Waals surface area (Å²) in [4.78, 5) is 29.0. The van der Waals surface area contributed by atoms with Gasteiger partial charge < -0.3 is 36.9 Å². The third-order valence-electron chi connectivity index (χ3n) is 4.95. The molecule has 2 aromatic carbocycles. The Morgan fingerprint density at radius 3 is 2.74 bits per heavy atom. The van der Waals surface area contributed by atoms with Crippen LogP contribution in [0.3, 0.4) is 0 Å². The van der Waals surface area contributed by atoms with Gasteiger partial charge in [0.15, 0.2) is 0 Å². The molecule has 0 spiro atoms. The molecule has 9 heteroatoms. The Labute approximate surface area is 242 Å². The van der Waals surface area contributed by atoms with E-state index in [9.17, 15) is 9.59 Å². The maximum atomic E-state index is 12.7. The smallest absolute Gasteiger partial charge is 0.560 e. The van der Waals surface area contributed by atoms with Gasteiger partial charge in [-0.3, -0.25) is 4.79 Å². The average molecular weight is 486 g/mol. The molecular weight excluding hydrogens is 457 g/mol. The van der Waals surface area contributed by atoms with Crippen molar-refractivity contribution in [2.24, 2.45) is 10.7 Å². The number of hydrogen-bond acceptors (Lipinski definition) is 6. The predicted molar refractivity (Wildman–Crippen MR) is 128 cm³/mol. The van der Waals surface area contributed by atoms with Gasteiger partial charge in [-0.1, -0.05) is 12.1 Å². The normalized spacial score (nSPS) is 14.4. The number of nitrogens with zero attached hydrogens (tertiary/aromatic N) is 2. The standard InChI is InChI=1S/C25H28N5O3.K/c1-17-13-20(7-8-23(17)25(32)33-12-9-26)24(31)29-21-6-4-5-19(14-21)18(2)27-10-11-28-22-15-30(3)16-22;/h4-8,11,13-16,18,27H,9,12,26H2,1-3H3,(H,29,31);/q-1;+1. The first kappa shape index (κ1) is 28.0. The quantitative estimate of drug-likeness (QED) is 0.148. The zero-order chi connectivity index (χ0) is 23.8. The Morgan fingerprint density at radius 1 is 1.29 bits per heavy atom. The maximum Gasteiger partial charge on any atom is 1.00 e. The summed E-state index contributed by atoms with van der Waals surface area (Å²) in [5.41, 5.74) is 9.42. The molecule has 1 aliphatic heterocycles. The van der Waals surface area contributed by atoms with E-state index in [1.165, 1.54) is 0 Å². The number of aliphatic imine (C=N–C) groups is 1. The van der Waals surface area contributed by atoms with Crippen LogP contribution in [-0.2, 0) is 4.74 Å². The fraction of sp³-hybridized carbons (Fsp3) is 0.240. The van der Waals surface area contributed by atoms with Gasteiger partial charge in [0.1, 0.15) is 13.7 Å². The van der Waals surface area contributed by atoms with Crippen molar-refractivity contribution in [2.75, 3.05) is 25.5 Å². The molecule has 0 aromatic heterocycles. The van der Waals surface area contributed by atoms with Crippen molar-refractivity contribution in [2.45, 2.75) is 19.9 Å². The van der Waals surface area contributed by atoms with Crippen molar-refractivity contribution in [3.63, 3.8) is 0 Å². The fourth-order valence-corrected chi connectivity index (χ4v) is 3.18. The number of carbonyl (C=O) groups is 2. The molecular formula is C25H28KN5O3. The van der Waals surface area contributed by atoms with Crippen LogP contribution in [0, 0.1) is 19.7 Å². The minimum absolute atomic E-state index is 0. The van der Waals surface area contributed by atoms with Crippen LogP contribution in [0.1, 0.15) is 44.8 Å². The molecule has 8 nitrogen and oxygen atoms in total. The second-order valence-electron chi connectivity index (χ2n) is 7.65. The number of carbonyl (C=O) groups excluding carboxylic acids is 2. The van der Waals surface area contributed by atoms with E-state index in [1.807, 2.05) is 55.6 Å². The summed E-state index contributed by atoms with van der Waals surface area (Å²) in [6.45, 7) is 6.09. The number of benzene rings is 2. The van der Waals surface area contributed by atoms with Crippen molar-refractivity contribution in [1.29, 1.82) is 0 Å². The van der Waals surface area contributed by atoms with Crippen LogP contribution in [0.2, 0.25) is 0 Å². The molecule has 4 N–H and O–H groups in total. The molecule has 1 heterocycles. The Kier molecular flexibility index (Phi) is 11.2. The van der Waals surface area contributed by atoms with Gasteiger partial charge in [0.25, 0.3) is 5.91 Å². The van der Waals surface area contributed by atoms with Crippen LogP contribution in [0.4, 0.5) is 5.69 Å². The van der Waals surface area contributed by atoms with E-state index in [2.05, 4.69) is 21.8 Å². The molecule has 172 valence electrons. The van der Waals surface area contributed by atoms with Crippen LogP contribution in [0.15, 0.2) is 53.7 Å². The number of rotatable bonds is 9. The number of esters is 1. The van der Waals surface area contributed by atoms with Crippen molar-refractivity contribution in [3.8, 4) is 0 Å². The van der Waals surface area contributed by atoms with Gasteiger partial charge in [-0.15, -0.1) is 6.20 Å². The number of nitrogens with two attached hydrogens (primary N) is 1. The molecule has 34 heavy (non-hydrogen) atoms. The minimum atomic E-state index is -0.451. The molecule has 1 unspecified atom stereocenters. The first-order valence-corrected chi connectivity index (χ1v) is 10.6. The molecule has 0 bridgehead atoms. The van der Waals surface area contributed by atoms with Crippen molar-refractivity contribution >= 4 is 29.5 Å². The van der Waals surface area contributed by atoms with Crippen LogP contribution >= 0.6 is 0 Å². The molecule has 0 saturated carbocycles. The van der Waals surface area contributed by atoms with Crippen molar-refractivity contribution in [1.82, 2.24) is 5.32 Å². The van der Waals surface area contributed by atoms with E-state index in [0.29, 0.717) is 22.4 Å². The van der Waals surface area contributed by atoms with E-state index in [0.717, 1.165) is 11.3 Å². The van der Waals surface area contributed by atoms with Gasteiger partial charge in [0, 0.05) is 23.8 Å². The van der Waals surface area contributed by atoms with Crippen LogP contribution in [0.25, 0.3) is 0 Å². The molecule has 0 fully saturated rings. The summed E-state index contributed by atoms with van der Waals surface area (Å²) in [6.07, 6.45) is 6.47. The number of hydrogen-bond donors (Lipinski definition) is 3. The summed E-state index contributed by atoms with van der Waals surface area (Å²) in [6, 6.07) is 12.4. The number of amides is 1. The van der Waals surface area contributed by atoms with Gasteiger partial charge in [-0.2, -0.15) is 0 Å². The van der Waals surface area contributed by atoms with E-state index in [4.69, 9.17) is 10.5 Å². The van der Waals surface area contributed by atoms with E-state index in [1.54, 1.807) is 31.3 Å². The van der Waals surface area contributed by atoms with Gasteiger partial charge in [0.2, 0.25) is 0 Å².